The van der Waals surface area contributed by atoms with Crippen molar-refractivity contribution in [3.05, 3.63) is 0 Å². The summed E-state index contributed by atoms with van der Waals surface area (Å²) >= 11 is 0. The molecule has 0 aliphatic carbocycles. The highest BCUT2D eigenvalue weighted by atomic mass is 32.2. The number of hydrogen-bond acceptors (Lipinski definition) is 2. The summed E-state index contributed by atoms with van der Waals surface area (Å²) in [5.74, 6) is 1.68. The molecule has 0 spiro atoms. The van der Waals surface area contributed by atoms with E-state index in [2.05, 4.69) is 4.90 Å². The van der Waals surface area contributed by atoms with Crippen LogP contribution in [0.25, 0.3) is 0 Å². The molecule has 0 bridgehead atoms. The van der Waals surface area contributed by atoms with Gasteiger partial charge in [0.15, 0.2) is 0 Å². The van der Waals surface area contributed by atoms with Crippen LogP contribution in [0.5, 0.6) is 0 Å². The molecule has 0 aromatic heterocycles. The van der Waals surface area contributed by atoms with E-state index < -0.39 is 10.8 Å². The summed E-state index contributed by atoms with van der Waals surface area (Å²) in [4.78, 5) is 2.44. The molecule has 1 aliphatic heterocycles. The lowest BCUT2D eigenvalue weighted by Gasteiger charge is -2.25. The van der Waals surface area contributed by atoms with Gasteiger partial charge in [0.2, 0.25) is 0 Å². The van der Waals surface area contributed by atoms with Gasteiger partial charge in [-0.1, -0.05) is 13.3 Å². The predicted molar refractivity (Wildman–Crippen MR) is 53.8 cm³/mol. The summed E-state index contributed by atoms with van der Waals surface area (Å²) in [6.07, 6.45) is 4.05. The lowest BCUT2D eigenvalue weighted by atomic mass is 10.1. The van der Waals surface area contributed by atoms with E-state index in [1.807, 2.05) is 6.92 Å². The fourth-order valence-electron chi connectivity index (χ4n) is 1.56. The lowest BCUT2D eigenvalue weighted by Crippen LogP contribution is -2.33. The summed E-state index contributed by atoms with van der Waals surface area (Å²) in [6.45, 7) is 5.48. The van der Waals surface area contributed by atoms with Crippen molar-refractivity contribution in [3.63, 3.8) is 0 Å². The Labute approximate surface area is 77.8 Å². The minimum atomic E-state index is -0.570. The Hall–Kier alpha value is 0.110. The van der Waals surface area contributed by atoms with Gasteiger partial charge in [-0.15, -0.1) is 0 Å². The van der Waals surface area contributed by atoms with Gasteiger partial charge in [-0.3, -0.25) is 4.21 Å². The van der Waals surface area contributed by atoms with Gasteiger partial charge in [0.05, 0.1) is 0 Å². The summed E-state index contributed by atoms with van der Waals surface area (Å²) in [6, 6.07) is 0. The molecule has 0 aromatic carbocycles. The normalized spacial score (nSPS) is 22.4. The highest BCUT2D eigenvalue weighted by molar-refractivity contribution is 7.84. The molecule has 1 fully saturated rings. The van der Waals surface area contributed by atoms with Crippen LogP contribution in [0.4, 0.5) is 0 Å². The number of hydrogen-bond donors (Lipinski definition) is 0. The Bertz CT molecular complexity index is 143. The summed E-state index contributed by atoms with van der Waals surface area (Å²) in [7, 11) is -0.570. The van der Waals surface area contributed by atoms with E-state index in [-0.39, 0.29) is 0 Å². The van der Waals surface area contributed by atoms with Gasteiger partial charge in [0, 0.05) is 28.9 Å². The molecule has 0 N–H and O–H groups in total. The molecule has 0 radical (unpaired) electrons. The second kappa shape index (κ2) is 5.70. The largest absolute Gasteiger partial charge is 0.302 e. The van der Waals surface area contributed by atoms with Crippen LogP contribution in [0.3, 0.4) is 0 Å². The Balaban J connectivity index is 2.09. The number of nitrogens with zero attached hydrogens (tertiary/aromatic N) is 1. The molecule has 1 unspecified atom stereocenters. The van der Waals surface area contributed by atoms with Gasteiger partial charge in [0.1, 0.15) is 0 Å². The second-order valence-electron chi connectivity index (χ2n) is 3.33. The zero-order valence-electron chi connectivity index (χ0n) is 7.92. The van der Waals surface area contributed by atoms with E-state index in [1.54, 1.807) is 0 Å². The monoisotopic (exact) mass is 189 g/mol. The average molecular weight is 189 g/mol. The molecule has 0 aromatic rings. The van der Waals surface area contributed by atoms with Crippen LogP contribution in [-0.2, 0) is 10.8 Å². The Kier molecular flexibility index (Phi) is 4.84. The van der Waals surface area contributed by atoms with Gasteiger partial charge >= 0.3 is 0 Å². The van der Waals surface area contributed by atoms with E-state index in [9.17, 15) is 4.21 Å². The van der Waals surface area contributed by atoms with Crippen molar-refractivity contribution < 1.29 is 4.21 Å². The van der Waals surface area contributed by atoms with Crippen molar-refractivity contribution in [1.82, 2.24) is 4.90 Å². The molecule has 1 aliphatic rings. The third kappa shape index (κ3) is 3.68. The predicted octanol–water partition coefficient (Wildman–Crippen LogP) is 1.24. The SMILES string of the molecule is CCS(=O)CCN1CCCCC1. The quantitative estimate of drug-likeness (QED) is 0.663. The van der Waals surface area contributed by atoms with Crippen molar-refractivity contribution >= 4 is 10.8 Å². The minimum Gasteiger partial charge on any atom is -0.302 e. The topological polar surface area (TPSA) is 20.3 Å². The lowest BCUT2D eigenvalue weighted by molar-refractivity contribution is 0.241. The average Bonchev–Trinajstić information content (AvgIpc) is 2.16. The zero-order chi connectivity index (χ0) is 8.81. The fourth-order valence-corrected chi connectivity index (χ4v) is 2.31. The van der Waals surface area contributed by atoms with Gasteiger partial charge < -0.3 is 4.90 Å². The standard InChI is InChI=1S/C9H19NOS/c1-2-12(11)9-8-10-6-4-3-5-7-10/h2-9H2,1H3. The Morgan fingerprint density at radius 2 is 1.92 bits per heavy atom. The molecule has 2 nitrogen and oxygen atoms in total. The fraction of sp³-hybridized carbons (Fsp3) is 1.00. The van der Waals surface area contributed by atoms with Crippen molar-refractivity contribution in [1.29, 1.82) is 0 Å². The number of likely N-dealkylation sites (tertiary alicyclic amines) is 1. The summed E-state index contributed by atoms with van der Waals surface area (Å²) in [5.41, 5.74) is 0. The van der Waals surface area contributed by atoms with Crippen molar-refractivity contribution in [3.8, 4) is 0 Å². The van der Waals surface area contributed by atoms with Gasteiger partial charge in [-0.05, 0) is 25.9 Å². The third-order valence-electron chi connectivity index (χ3n) is 2.41. The van der Waals surface area contributed by atoms with Crippen molar-refractivity contribution in [2.75, 3.05) is 31.1 Å². The first-order chi connectivity index (χ1) is 5.83. The van der Waals surface area contributed by atoms with Crippen LogP contribution in [0.15, 0.2) is 0 Å². The van der Waals surface area contributed by atoms with Crippen LogP contribution in [-0.4, -0.2) is 40.2 Å². The molecule has 1 rings (SSSR count). The Morgan fingerprint density at radius 3 is 2.50 bits per heavy atom. The molecule has 12 heavy (non-hydrogen) atoms. The first-order valence-corrected chi connectivity index (χ1v) is 6.39. The van der Waals surface area contributed by atoms with E-state index in [0.717, 1.165) is 18.1 Å². The van der Waals surface area contributed by atoms with E-state index in [1.165, 1.54) is 32.4 Å². The molecular formula is C9H19NOS. The van der Waals surface area contributed by atoms with Gasteiger partial charge in [-0.25, -0.2) is 0 Å². The van der Waals surface area contributed by atoms with E-state index in [4.69, 9.17) is 0 Å². The smallest absolute Gasteiger partial charge is 0.0362 e. The third-order valence-corrected chi connectivity index (χ3v) is 3.69. The van der Waals surface area contributed by atoms with Crippen LogP contribution >= 0.6 is 0 Å². The molecule has 3 heteroatoms. The minimum absolute atomic E-state index is 0.570. The van der Waals surface area contributed by atoms with Crippen molar-refractivity contribution in [2.24, 2.45) is 0 Å². The molecule has 72 valence electrons. The van der Waals surface area contributed by atoms with Crippen LogP contribution in [0, 0.1) is 0 Å². The first-order valence-electron chi connectivity index (χ1n) is 4.90. The van der Waals surface area contributed by atoms with Crippen LogP contribution in [0.2, 0.25) is 0 Å². The number of piperidine rings is 1. The van der Waals surface area contributed by atoms with E-state index in [0.29, 0.717) is 0 Å². The molecule has 0 amide bonds. The second-order valence-corrected chi connectivity index (χ2v) is 5.20. The molecular weight excluding hydrogens is 170 g/mol. The maximum Gasteiger partial charge on any atom is 0.0362 e. The maximum absolute atomic E-state index is 11.1. The van der Waals surface area contributed by atoms with Crippen molar-refractivity contribution in [2.45, 2.75) is 26.2 Å². The van der Waals surface area contributed by atoms with Gasteiger partial charge in [-0.2, -0.15) is 0 Å². The zero-order valence-corrected chi connectivity index (χ0v) is 8.74. The highest BCUT2D eigenvalue weighted by Crippen LogP contribution is 2.07. The van der Waals surface area contributed by atoms with Crippen LogP contribution < -0.4 is 0 Å². The molecule has 1 atom stereocenters. The summed E-state index contributed by atoms with van der Waals surface area (Å²) < 4.78 is 11.1. The highest BCUT2D eigenvalue weighted by Gasteiger charge is 2.09. The molecule has 0 saturated carbocycles. The maximum atomic E-state index is 11.1. The molecule has 1 saturated heterocycles. The van der Waals surface area contributed by atoms with E-state index >= 15 is 0 Å². The summed E-state index contributed by atoms with van der Waals surface area (Å²) in [5, 5.41) is 0. The van der Waals surface area contributed by atoms with Crippen LogP contribution in [0.1, 0.15) is 26.2 Å². The molecule has 1 heterocycles. The Morgan fingerprint density at radius 1 is 1.25 bits per heavy atom. The van der Waals surface area contributed by atoms with Gasteiger partial charge in [0.25, 0.3) is 0 Å². The first kappa shape index (κ1) is 10.2. The number of rotatable bonds is 4.